The van der Waals surface area contributed by atoms with Crippen molar-refractivity contribution in [1.29, 1.82) is 0 Å². The van der Waals surface area contributed by atoms with Gasteiger partial charge in [0.25, 0.3) is 0 Å². The van der Waals surface area contributed by atoms with E-state index >= 15 is 0 Å². The number of rotatable bonds is 6. The Hall–Kier alpha value is -2.70. The van der Waals surface area contributed by atoms with E-state index in [1.165, 1.54) is 0 Å². The van der Waals surface area contributed by atoms with Crippen LogP contribution in [-0.4, -0.2) is 21.4 Å². The molecule has 0 spiro atoms. The maximum atomic E-state index is 11.0. The summed E-state index contributed by atoms with van der Waals surface area (Å²) in [5.41, 5.74) is -0.268. The van der Waals surface area contributed by atoms with Gasteiger partial charge >= 0.3 is 11.6 Å². The van der Waals surface area contributed by atoms with Crippen LogP contribution < -0.4 is 10.1 Å². The summed E-state index contributed by atoms with van der Waals surface area (Å²) >= 11 is 0. The number of hydrogen-bond donors (Lipinski definition) is 1. The van der Waals surface area contributed by atoms with Gasteiger partial charge in [0.2, 0.25) is 5.95 Å². The number of benzene rings is 1. The lowest BCUT2D eigenvalue weighted by Gasteiger charge is -2.07. The first-order valence-corrected chi connectivity index (χ1v) is 6.19. The molecule has 2 rings (SSSR count). The predicted octanol–water partition coefficient (Wildman–Crippen LogP) is 3.00. The summed E-state index contributed by atoms with van der Waals surface area (Å²) < 4.78 is 5.46. The van der Waals surface area contributed by atoms with Crippen LogP contribution >= 0.6 is 0 Å². The Morgan fingerprint density at radius 1 is 1.35 bits per heavy atom. The number of para-hydroxylation sites is 1. The summed E-state index contributed by atoms with van der Waals surface area (Å²) in [6.45, 7) is 2.68. The van der Waals surface area contributed by atoms with Crippen molar-refractivity contribution in [3.8, 4) is 11.6 Å². The Morgan fingerprint density at radius 3 is 2.75 bits per heavy atom. The van der Waals surface area contributed by atoms with Crippen molar-refractivity contribution in [3.63, 3.8) is 0 Å². The van der Waals surface area contributed by atoms with Crippen molar-refractivity contribution < 1.29 is 9.66 Å². The topological polar surface area (TPSA) is 90.2 Å². The van der Waals surface area contributed by atoms with Gasteiger partial charge in [0.05, 0.1) is 4.92 Å². The molecule has 0 atom stereocenters. The van der Waals surface area contributed by atoms with Crippen molar-refractivity contribution in [2.24, 2.45) is 0 Å². The van der Waals surface area contributed by atoms with Gasteiger partial charge in [-0.1, -0.05) is 25.1 Å². The Balaban J connectivity index is 2.29. The molecule has 0 unspecified atom stereocenters. The van der Waals surface area contributed by atoms with Crippen molar-refractivity contribution in [2.45, 2.75) is 13.3 Å². The third kappa shape index (κ3) is 3.41. The first-order chi connectivity index (χ1) is 9.70. The highest BCUT2D eigenvalue weighted by Gasteiger charge is 2.19. The Labute approximate surface area is 115 Å². The molecule has 0 bridgehead atoms. The number of nitrogens with zero attached hydrogens (tertiary/aromatic N) is 3. The minimum Gasteiger partial charge on any atom is -0.434 e. The molecule has 104 valence electrons. The van der Waals surface area contributed by atoms with Gasteiger partial charge in [0.15, 0.2) is 0 Å². The summed E-state index contributed by atoms with van der Waals surface area (Å²) in [4.78, 5) is 18.3. The second kappa shape index (κ2) is 6.46. The van der Waals surface area contributed by atoms with Crippen molar-refractivity contribution >= 4 is 11.6 Å². The molecular formula is C13H14N4O3. The van der Waals surface area contributed by atoms with Crippen LogP contribution in [0.1, 0.15) is 13.3 Å². The molecule has 0 amide bonds. The molecule has 0 aliphatic rings. The maximum absolute atomic E-state index is 11.0. The number of ether oxygens (including phenoxy) is 1. The third-order valence-electron chi connectivity index (χ3n) is 2.42. The van der Waals surface area contributed by atoms with Crippen LogP contribution in [0.5, 0.6) is 11.6 Å². The van der Waals surface area contributed by atoms with Crippen LogP contribution in [0.2, 0.25) is 0 Å². The first-order valence-electron chi connectivity index (χ1n) is 6.19. The lowest BCUT2D eigenvalue weighted by atomic mass is 10.3. The summed E-state index contributed by atoms with van der Waals surface area (Å²) in [5.74, 6) is 0.717. The number of anilines is 1. The number of aromatic nitrogens is 2. The van der Waals surface area contributed by atoms with E-state index < -0.39 is 4.92 Å². The van der Waals surface area contributed by atoms with E-state index in [0.29, 0.717) is 18.2 Å². The Bertz CT molecular complexity index is 589. The van der Waals surface area contributed by atoms with E-state index in [9.17, 15) is 10.1 Å². The highest BCUT2D eigenvalue weighted by Crippen LogP contribution is 2.29. The summed E-state index contributed by atoms with van der Waals surface area (Å²) in [5, 5.41) is 13.9. The number of hydrogen-bond acceptors (Lipinski definition) is 6. The minimum atomic E-state index is -0.568. The SMILES string of the molecule is CCCNc1ncc([N+](=O)[O-])c(Oc2ccccc2)n1. The smallest absolute Gasteiger partial charge is 0.349 e. The van der Waals surface area contributed by atoms with Crippen LogP contribution in [-0.2, 0) is 0 Å². The van der Waals surface area contributed by atoms with E-state index in [4.69, 9.17) is 4.74 Å². The molecule has 0 aliphatic carbocycles. The van der Waals surface area contributed by atoms with Gasteiger partial charge < -0.3 is 10.1 Å². The standard InChI is InChI=1S/C13H14N4O3/c1-2-8-14-13-15-9-11(17(18)19)12(16-13)20-10-6-4-3-5-7-10/h3-7,9H,2,8H2,1H3,(H,14,15,16). The molecule has 0 saturated carbocycles. The zero-order chi connectivity index (χ0) is 14.4. The van der Waals surface area contributed by atoms with Crippen LogP contribution in [0.3, 0.4) is 0 Å². The predicted molar refractivity (Wildman–Crippen MR) is 74.0 cm³/mol. The molecule has 0 radical (unpaired) electrons. The number of nitrogens with one attached hydrogen (secondary N) is 1. The molecule has 7 heteroatoms. The normalized spacial score (nSPS) is 10.1. The number of nitro groups is 1. The third-order valence-corrected chi connectivity index (χ3v) is 2.42. The second-order valence-electron chi connectivity index (χ2n) is 3.98. The molecule has 1 aromatic carbocycles. The summed E-state index contributed by atoms with van der Waals surface area (Å²) in [6.07, 6.45) is 2.04. The van der Waals surface area contributed by atoms with Crippen LogP contribution in [0.15, 0.2) is 36.5 Å². The Morgan fingerprint density at radius 2 is 2.10 bits per heavy atom. The molecule has 1 heterocycles. The summed E-state index contributed by atoms with van der Waals surface area (Å²) in [7, 11) is 0. The molecule has 7 nitrogen and oxygen atoms in total. The van der Waals surface area contributed by atoms with Gasteiger partial charge in [0.1, 0.15) is 11.9 Å². The lowest BCUT2D eigenvalue weighted by molar-refractivity contribution is -0.386. The van der Waals surface area contributed by atoms with Crippen LogP contribution in [0.25, 0.3) is 0 Å². The molecule has 20 heavy (non-hydrogen) atoms. The van der Waals surface area contributed by atoms with Gasteiger partial charge in [-0.25, -0.2) is 4.98 Å². The molecule has 2 aromatic rings. The molecule has 0 aliphatic heterocycles. The van der Waals surface area contributed by atoms with Gasteiger partial charge in [-0.05, 0) is 18.6 Å². The maximum Gasteiger partial charge on any atom is 0.349 e. The molecule has 0 saturated heterocycles. The zero-order valence-electron chi connectivity index (χ0n) is 10.9. The van der Waals surface area contributed by atoms with Crippen molar-refractivity contribution in [2.75, 3.05) is 11.9 Å². The molecular weight excluding hydrogens is 260 g/mol. The lowest BCUT2D eigenvalue weighted by Crippen LogP contribution is -2.06. The van der Waals surface area contributed by atoms with Gasteiger partial charge in [0, 0.05) is 6.54 Å². The van der Waals surface area contributed by atoms with Crippen molar-refractivity contribution in [1.82, 2.24) is 9.97 Å². The average molecular weight is 274 g/mol. The van der Waals surface area contributed by atoms with Crippen LogP contribution in [0.4, 0.5) is 11.6 Å². The van der Waals surface area contributed by atoms with E-state index in [2.05, 4.69) is 15.3 Å². The quantitative estimate of drug-likeness (QED) is 0.643. The highest BCUT2D eigenvalue weighted by molar-refractivity contribution is 5.45. The fourth-order valence-corrected chi connectivity index (χ4v) is 1.48. The van der Waals surface area contributed by atoms with Gasteiger partial charge in [-0.15, -0.1) is 0 Å². The average Bonchev–Trinajstić information content (AvgIpc) is 2.46. The molecule has 0 fully saturated rings. The van der Waals surface area contributed by atoms with Gasteiger partial charge in [-0.2, -0.15) is 4.98 Å². The van der Waals surface area contributed by atoms with E-state index in [0.717, 1.165) is 12.6 Å². The van der Waals surface area contributed by atoms with Crippen LogP contribution in [0, 0.1) is 10.1 Å². The van der Waals surface area contributed by atoms with Crippen molar-refractivity contribution in [3.05, 3.63) is 46.6 Å². The molecule has 1 N–H and O–H groups in total. The van der Waals surface area contributed by atoms with E-state index in [1.54, 1.807) is 24.3 Å². The minimum absolute atomic E-state index is 0.0743. The van der Waals surface area contributed by atoms with E-state index in [-0.39, 0.29) is 11.6 Å². The Kier molecular flexibility index (Phi) is 4.43. The fourth-order valence-electron chi connectivity index (χ4n) is 1.48. The van der Waals surface area contributed by atoms with E-state index in [1.807, 2.05) is 13.0 Å². The van der Waals surface area contributed by atoms with Gasteiger partial charge in [-0.3, -0.25) is 10.1 Å². The first kappa shape index (κ1) is 13.7. The molecule has 1 aromatic heterocycles. The fraction of sp³-hybridized carbons (Fsp3) is 0.231. The highest BCUT2D eigenvalue weighted by atomic mass is 16.6. The summed E-state index contributed by atoms with van der Waals surface area (Å²) in [6, 6.07) is 8.78. The zero-order valence-corrected chi connectivity index (χ0v) is 10.9. The second-order valence-corrected chi connectivity index (χ2v) is 3.98. The largest absolute Gasteiger partial charge is 0.434 e. The monoisotopic (exact) mass is 274 g/mol.